The summed E-state index contributed by atoms with van der Waals surface area (Å²) < 4.78 is 16.0. The van der Waals surface area contributed by atoms with Crippen molar-refractivity contribution in [3.63, 3.8) is 0 Å². The van der Waals surface area contributed by atoms with Gasteiger partial charge in [-0.05, 0) is 36.8 Å². The van der Waals surface area contributed by atoms with E-state index in [4.69, 9.17) is 14.2 Å². The van der Waals surface area contributed by atoms with Crippen LogP contribution in [0.2, 0.25) is 0 Å². The molecule has 2 aromatic rings. The largest absolute Gasteiger partial charge is 0.497 e. The fraction of sp³-hybridized carbons (Fsp3) is 0.381. The van der Waals surface area contributed by atoms with Crippen molar-refractivity contribution < 1.29 is 14.2 Å². The van der Waals surface area contributed by atoms with Gasteiger partial charge >= 0.3 is 0 Å². The highest BCUT2D eigenvalue weighted by molar-refractivity contribution is 14.0. The molecule has 0 saturated carbocycles. The average Bonchev–Trinajstić information content (AvgIpc) is 2.70. The highest BCUT2D eigenvalue weighted by Crippen LogP contribution is 2.18. The molecule has 0 aliphatic heterocycles. The third kappa shape index (κ3) is 8.79. The molecule has 0 amide bonds. The molecule has 0 aliphatic rings. The minimum atomic E-state index is 0. The fourth-order valence-electron chi connectivity index (χ4n) is 2.40. The van der Waals surface area contributed by atoms with Gasteiger partial charge in [-0.3, -0.25) is 0 Å². The van der Waals surface area contributed by atoms with Crippen LogP contribution >= 0.6 is 24.0 Å². The first-order valence-electron chi connectivity index (χ1n) is 9.15. The summed E-state index contributed by atoms with van der Waals surface area (Å²) >= 11 is 0. The van der Waals surface area contributed by atoms with Gasteiger partial charge in [0.15, 0.2) is 5.96 Å². The Labute approximate surface area is 184 Å². The Bertz CT molecular complexity index is 708. The van der Waals surface area contributed by atoms with Crippen molar-refractivity contribution >= 4 is 35.6 Å². The Kier molecular flexibility index (Phi) is 12.1. The number of ether oxygens (including phenoxy) is 3. The van der Waals surface area contributed by atoms with Crippen molar-refractivity contribution in [1.82, 2.24) is 5.32 Å². The molecule has 0 spiro atoms. The van der Waals surface area contributed by atoms with E-state index in [1.54, 1.807) is 14.2 Å². The number of nitrogens with zero attached hydrogens (tertiary/aromatic N) is 1. The van der Waals surface area contributed by atoms with Crippen molar-refractivity contribution in [2.75, 3.05) is 39.3 Å². The number of halogens is 1. The fourth-order valence-corrected chi connectivity index (χ4v) is 2.40. The van der Waals surface area contributed by atoms with Gasteiger partial charge in [-0.2, -0.15) is 0 Å². The first-order valence-corrected chi connectivity index (χ1v) is 9.15. The number of benzene rings is 2. The van der Waals surface area contributed by atoms with Crippen LogP contribution in [0, 0.1) is 0 Å². The minimum absolute atomic E-state index is 0. The molecule has 0 aromatic heterocycles. The van der Waals surface area contributed by atoms with Gasteiger partial charge in [0, 0.05) is 38.4 Å². The lowest BCUT2D eigenvalue weighted by molar-refractivity contribution is 0.172. The standard InChI is InChI=1S/C21H29N3O3.HI/c1-4-22-21(23-16-17-9-11-19(26-3)12-10-17)24-18-7-5-8-20(15-18)27-14-6-13-25-2;/h5,7-12,15H,4,6,13-14,16H2,1-3H3,(H2,22,23,24);1H. The van der Waals surface area contributed by atoms with Crippen LogP contribution in [0.15, 0.2) is 53.5 Å². The van der Waals surface area contributed by atoms with Gasteiger partial charge in [0.05, 0.1) is 20.3 Å². The first kappa shape index (κ1) is 24.0. The highest BCUT2D eigenvalue weighted by Gasteiger charge is 2.02. The van der Waals surface area contributed by atoms with E-state index in [0.717, 1.165) is 41.7 Å². The van der Waals surface area contributed by atoms with E-state index in [2.05, 4.69) is 15.6 Å². The number of nitrogens with one attached hydrogen (secondary N) is 2. The Balaban J connectivity index is 0.00000392. The zero-order chi connectivity index (χ0) is 19.3. The molecule has 0 heterocycles. The molecule has 2 N–H and O–H groups in total. The molecule has 0 saturated heterocycles. The van der Waals surface area contributed by atoms with Gasteiger partial charge in [0.25, 0.3) is 0 Å². The van der Waals surface area contributed by atoms with E-state index < -0.39 is 0 Å². The number of aliphatic imine (C=N–C) groups is 1. The molecule has 154 valence electrons. The smallest absolute Gasteiger partial charge is 0.196 e. The molecule has 2 rings (SSSR count). The predicted molar refractivity (Wildman–Crippen MR) is 125 cm³/mol. The number of hydrogen-bond acceptors (Lipinski definition) is 4. The van der Waals surface area contributed by atoms with Crippen LogP contribution in [0.1, 0.15) is 18.9 Å². The Hall–Kier alpha value is -2.00. The lowest BCUT2D eigenvalue weighted by Gasteiger charge is -2.13. The van der Waals surface area contributed by atoms with Crippen LogP contribution in [0.3, 0.4) is 0 Å². The second-order valence-corrected chi connectivity index (χ2v) is 5.89. The molecule has 2 aromatic carbocycles. The average molecular weight is 499 g/mol. The number of rotatable bonds is 10. The third-order valence-electron chi connectivity index (χ3n) is 3.78. The van der Waals surface area contributed by atoms with Gasteiger partial charge in [-0.1, -0.05) is 18.2 Å². The lowest BCUT2D eigenvalue weighted by atomic mass is 10.2. The van der Waals surface area contributed by atoms with E-state index >= 15 is 0 Å². The molecule has 0 bridgehead atoms. The van der Waals surface area contributed by atoms with Crippen LogP contribution in [-0.2, 0) is 11.3 Å². The summed E-state index contributed by atoms with van der Waals surface area (Å²) in [6.45, 7) is 4.72. The first-order chi connectivity index (χ1) is 13.2. The Morgan fingerprint density at radius 3 is 2.46 bits per heavy atom. The van der Waals surface area contributed by atoms with E-state index in [9.17, 15) is 0 Å². The minimum Gasteiger partial charge on any atom is -0.497 e. The number of anilines is 1. The second-order valence-electron chi connectivity index (χ2n) is 5.89. The van der Waals surface area contributed by atoms with Crippen molar-refractivity contribution in [3.8, 4) is 11.5 Å². The maximum atomic E-state index is 5.75. The third-order valence-corrected chi connectivity index (χ3v) is 3.78. The number of guanidine groups is 1. The van der Waals surface area contributed by atoms with E-state index in [-0.39, 0.29) is 24.0 Å². The molecular formula is C21H30IN3O3. The zero-order valence-corrected chi connectivity index (χ0v) is 19.1. The van der Waals surface area contributed by atoms with Crippen LogP contribution in [-0.4, -0.2) is 39.9 Å². The van der Waals surface area contributed by atoms with Gasteiger partial charge in [0.2, 0.25) is 0 Å². The second kappa shape index (κ2) is 14.1. The van der Waals surface area contributed by atoms with Crippen molar-refractivity contribution in [2.45, 2.75) is 19.9 Å². The lowest BCUT2D eigenvalue weighted by Crippen LogP contribution is -2.30. The zero-order valence-electron chi connectivity index (χ0n) is 16.7. The van der Waals surface area contributed by atoms with Gasteiger partial charge in [-0.25, -0.2) is 4.99 Å². The quantitative estimate of drug-likeness (QED) is 0.221. The molecule has 28 heavy (non-hydrogen) atoms. The normalized spacial score (nSPS) is 10.8. The molecule has 0 fully saturated rings. The van der Waals surface area contributed by atoms with Gasteiger partial charge in [-0.15, -0.1) is 24.0 Å². The monoisotopic (exact) mass is 499 g/mol. The Morgan fingerprint density at radius 2 is 1.79 bits per heavy atom. The van der Waals surface area contributed by atoms with Crippen LogP contribution in [0.5, 0.6) is 11.5 Å². The summed E-state index contributed by atoms with van der Waals surface area (Å²) in [5.74, 6) is 2.39. The Morgan fingerprint density at radius 1 is 1.00 bits per heavy atom. The summed E-state index contributed by atoms with van der Waals surface area (Å²) in [6.07, 6.45) is 0.861. The van der Waals surface area contributed by atoms with Gasteiger partial charge < -0.3 is 24.8 Å². The van der Waals surface area contributed by atoms with Crippen molar-refractivity contribution in [3.05, 3.63) is 54.1 Å². The number of methoxy groups -OCH3 is 2. The van der Waals surface area contributed by atoms with Crippen LogP contribution in [0.4, 0.5) is 5.69 Å². The molecule has 0 atom stereocenters. The summed E-state index contributed by atoms with van der Waals surface area (Å²) in [5.41, 5.74) is 2.04. The summed E-state index contributed by atoms with van der Waals surface area (Å²) in [5, 5.41) is 6.58. The van der Waals surface area contributed by atoms with E-state index in [1.165, 1.54) is 0 Å². The molecule has 6 nitrogen and oxygen atoms in total. The SMILES string of the molecule is CCNC(=NCc1ccc(OC)cc1)Nc1cccc(OCCCOC)c1.I. The summed E-state index contributed by atoms with van der Waals surface area (Å²) in [4.78, 5) is 4.65. The van der Waals surface area contributed by atoms with Crippen molar-refractivity contribution in [2.24, 2.45) is 4.99 Å². The van der Waals surface area contributed by atoms with Crippen LogP contribution in [0.25, 0.3) is 0 Å². The molecule has 0 aliphatic carbocycles. The van der Waals surface area contributed by atoms with E-state index in [1.807, 2.05) is 55.5 Å². The topological polar surface area (TPSA) is 64.1 Å². The van der Waals surface area contributed by atoms with Crippen LogP contribution < -0.4 is 20.1 Å². The summed E-state index contributed by atoms with van der Waals surface area (Å²) in [6, 6.07) is 15.8. The molecule has 7 heteroatoms. The van der Waals surface area contributed by atoms with E-state index in [0.29, 0.717) is 19.8 Å². The highest BCUT2D eigenvalue weighted by atomic mass is 127. The molecule has 0 unspecified atom stereocenters. The van der Waals surface area contributed by atoms with Crippen molar-refractivity contribution in [1.29, 1.82) is 0 Å². The maximum Gasteiger partial charge on any atom is 0.196 e. The molecular weight excluding hydrogens is 469 g/mol. The molecule has 0 radical (unpaired) electrons. The number of hydrogen-bond donors (Lipinski definition) is 2. The van der Waals surface area contributed by atoms with Gasteiger partial charge in [0.1, 0.15) is 11.5 Å². The predicted octanol–water partition coefficient (Wildman–Crippen LogP) is 4.31. The summed E-state index contributed by atoms with van der Waals surface area (Å²) in [7, 11) is 3.36. The maximum absolute atomic E-state index is 5.75.